The summed E-state index contributed by atoms with van der Waals surface area (Å²) >= 11 is 0. The van der Waals surface area contributed by atoms with E-state index < -0.39 is 29.6 Å². The van der Waals surface area contributed by atoms with Gasteiger partial charge in [0.1, 0.15) is 11.6 Å². The molecule has 0 aromatic carbocycles. The standard InChI is InChI=1S/C16H28N2O5/c1-10(2)13(15(21)23-16(3,4)5)18-8-7-11(14(18)20)17-9-12(19)22-6/h10-11,13,17H,7-9H2,1-6H3/t11-,13-/m1/s1. The number of amides is 1. The van der Waals surface area contributed by atoms with E-state index in [1.807, 2.05) is 13.8 Å². The van der Waals surface area contributed by atoms with Crippen LogP contribution in [0.1, 0.15) is 41.0 Å². The maximum Gasteiger partial charge on any atom is 0.329 e. The zero-order valence-electron chi connectivity index (χ0n) is 14.8. The highest BCUT2D eigenvalue weighted by atomic mass is 16.6. The Kier molecular flexibility index (Phi) is 6.56. The predicted octanol–water partition coefficient (Wildman–Crippen LogP) is 0.716. The van der Waals surface area contributed by atoms with E-state index in [1.165, 1.54) is 7.11 Å². The number of hydrogen-bond donors (Lipinski definition) is 1. The molecular weight excluding hydrogens is 300 g/mol. The first-order valence-corrected chi connectivity index (χ1v) is 7.90. The fourth-order valence-electron chi connectivity index (χ4n) is 2.57. The van der Waals surface area contributed by atoms with E-state index in [4.69, 9.17) is 4.74 Å². The van der Waals surface area contributed by atoms with E-state index in [9.17, 15) is 14.4 Å². The van der Waals surface area contributed by atoms with Crippen molar-refractivity contribution in [3.8, 4) is 0 Å². The zero-order valence-corrected chi connectivity index (χ0v) is 14.8. The Morgan fingerprint density at radius 1 is 1.35 bits per heavy atom. The highest BCUT2D eigenvalue weighted by Gasteiger charge is 2.41. The molecule has 0 spiro atoms. The molecule has 0 saturated carbocycles. The molecule has 7 heteroatoms. The van der Waals surface area contributed by atoms with Crippen LogP contribution < -0.4 is 5.32 Å². The van der Waals surface area contributed by atoms with Crippen molar-refractivity contribution in [1.82, 2.24) is 10.2 Å². The second kappa shape index (κ2) is 7.77. The SMILES string of the molecule is COC(=O)CN[C@@H]1CCN([C@@H](C(=O)OC(C)(C)C)C(C)C)C1=O. The second-order valence-electron chi connectivity index (χ2n) is 7.05. The van der Waals surface area contributed by atoms with Gasteiger partial charge in [0.05, 0.1) is 19.7 Å². The average molecular weight is 328 g/mol. The molecule has 0 radical (unpaired) electrons. The molecule has 0 aromatic rings. The van der Waals surface area contributed by atoms with Gasteiger partial charge in [-0.05, 0) is 33.1 Å². The number of nitrogens with one attached hydrogen (secondary N) is 1. The lowest BCUT2D eigenvalue weighted by molar-refractivity contribution is -0.166. The normalized spacial score (nSPS) is 19.9. The summed E-state index contributed by atoms with van der Waals surface area (Å²) in [5, 5.41) is 2.88. The number of ether oxygens (including phenoxy) is 2. The average Bonchev–Trinajstić information content (AvgIpc) is 2.75. The van der Waals surface area contributed by atoms with E-state index in [0.29, 0.717) is 13.0 Å². The summed E-state index contributed by atoms with van der Waals surface area (Å²) in [4.78, 5) is 37.7. The summed E-state index contributed by atoms with van der Waals surface area (Å²) in [7, 11) is 1.30. The summed E-state index contributed by atoms with van der Waals surface area (Å²) in [6.07, 6.45) is 0.543. The van der Waals surface area contributed by atoms with Gasteiger partial charge >= 0.3 is 11.9 Å². The Balaban J connectivity index is 2.76. The molecule has 1 amide bonds. The van der Waals surface area contributed by atoms with Crippen LogP contribution in [0, 0.1) is 5.92 Å². The van der Waals surface area contributed by atoms with Crippen LogP contribution in [0.5, 0.6) is 0 Å². The molecule has 1 aliphatic heterocycles. The zero-order chi connectivity index (χ0) is 17.8. The van der Waals surface area contributed by atoms with Gasteiger partial charge in [-0.2, -0.15) is 0 Å². The molecule has 23 heavy (non-hydrogen) atoms. The highest BCUT2D eigenvalue weighted by molar-refractivity contribution is 5.90. The molecule has 1 rings (SSSR count). The van der Waals surface area contributed by atoms with Crippen LogP contribution in [-0.4, -0.2) is 60.6 Å². The number of rotatable bonds is 6. The third-order valence-electron chi connectivity index (χ3n) is 3.58. The van der Waals surface area contributed by atoms with Gasteiger partial charge in [0.15, 0.2) is 0 Å². The Bertz CT molecular complexity index is 456. The van der Waals surface area contributed by atoms with Gasteiger partial charge in [-0.1, -0.05) is 13.8 Å². The first kappa shape index (κ1) is 19.4. The van der Waals surface area contributed by atoms with Gasteiger partial charge in [-0.15, -0.1) is 0 Å². The maximum atomic E-state index is 12.5. The molecule has 0 bridgehead atoms. The number of esters is 2. The van der Waals surface area contributed by atoms with E-state index in [0.717, 1.165) is 0 Å². The molecule has 0 aliphatic carbocycles. The lowest BCUT2D eigenvalue weighted by Gasteiger charge is -2.32. The molecule has 1 N–H and O–H groups in total. The maximum absolute atomic E-state index is 12.5. The van der Waals surface area contributed by atoms with Gasteiger partial charge in [-0.3, -0.25) is 14.9 Å². The number of likely N-dealkylation sites (tertiary alicyclic amines) is 1. The number of methoxy groups -OCH3 is 1. The van der Waals surface area contributed by atoms with Crippen molar-refractivity contribution in [3.05, 3.63) is 0 Å². The summed E-state index contributed by atoms with van der Waals surface area (Å²) in [5.41, 5.74) is -0.602. The Labute approximate surface area is 137 Å². The van der Waals surface area contributed by atoms with E-state index in [1.54, 1.807) is 25.7 Å². The molecule has 1 heterocycles. The van der Waals surface area contributed by atoms with Crippen molar-refractivity contribution in [2.24, 2.45) is 5.92 Å². The van der Waals surface area contributed by atoms with E-state index >= 15 is 0 Å². The summed E-state index contributed by atoms with van der Waals surface area (Å²) < 4.78 is 10.00. The topological polar surface area (TPSA) is 84.9 Å². The smallest absolute Gasteiger partial charge is 0.329 e. The molecule has 2 atom stereocenters. The summed E-state index contributed by atoms with van der Waals surface area (Å²) in [6.45, 7) is 9.60. The third kappa shape index (κ3) is 5.49. The van der Waals surface area contributed by atoms with Crippen LogP contribution in [0.2, 0.25) is 0 Å². The minimum Gasteiger partial charge on any atom is -0.468 e. The van der Waals surface area contributed by atoms with Gasteiger partial charge in [0.25, 0.3) is 0 Å². The van der Waals surface area contributed by atoms with Crippen LogP contribution in [0.4, 0.5) is 0 Å². The first-order chi connectivity index (χ1) is 10.6. The second-order valence-corrected chi connectivity index (χ2v) is 7.05. The number of nitrogens with zero attached hydrogens (tertiary/aromatic N) is 1. The quantitative estimate of drug-likeness (QED) is 0.723. The van der Waals surface area contributed by atoms with Gasteiger partial charge in [0.2, 0.25) is 5.91 Å². The molecule has 0 aromatic heterocycles. The van der Waals surface area contributed by atoms with Crippen molar-refractivity contribution in [2.45, 2.75) is 58.7 Å². The molecule has 0 unspecified atom stereocenters. The summed E-state index contributed by atoms with van der Waals surface area (Å²) in [5.74, 6) is -1.06. The molecule has 1 aliphatic rings. The lowest BCUT2D eigenvalue weighted by atomic mass is 10.0. The lowest BCUT2D eigenvalue weighted by Crippen LogP contribution is -2.50. The molecule has 7 nitrogen and oxygen atoms in total. The van der Waals surface area contributed by atoms with Crippen molar-refractivity contribution < 1.29 is 23.9 Å². The summed E-state index contributed by atoms with van der Waals surface area (Å²) in [6, 6.07) is -1.09. The molecule has 1 saturated heterocycles. The number of hydrogen-bond acceptors (Lipinski definition) is 6. The highest BCUT2D eigenvalue weighted by Crippen LogP contribution is 2.22. The monoisotopic (exact) mass is 328 g/mol. The third-order valence-corrected chi connectivity index (χ3v) is 3.58. The molecule has 132 valence electrons. The van der Waals surface area contributed by atoms with Crippen LogP contribution in [0.3, 0.4) is 0 Å². The number of carbonyl (C=O) groups is 3. The molecular formula is C16H28N2O5. The minimum absolute atomic E-state index is 0.0282. The van der Waals surface area contributed by atoms with Crippen molar-refractivity contribution in [3.63, 3.8) is 0 Å². The minimum atomic E-state index is -0.619. The largest absolute Gasteiger partial charge is 0.468 e. The Morgan fingerprint density at radius 3 is 2.43 bits per heavy atom. The van der Waals surface area contributed by atoms with E-state index in [-0.39, 0.29) is 18.4 Å². The van der Waals surface area contributed by atoms with Gasteiger partial charge in [0, 0.05) is 6.54 Å². The fourth-order valence-corrected chi connectivity index (χ4v) is 2.57. The Morgan fingerprint density at radius 2 is 1.96 bits per heavy atom. The first-order valence-electron chi connectivity index (χ1n) is 7.90. The Hall–Kier alpha value is -1.63. The van der Waals surface area contributed by atoms with Crippen LogP contribution >= 0.6 is 0 Å². The fraction of sp³-hybridized carbons (Fsp3) is 0.812. The number of carbonyl (C=O) groups excluding carboxylic acids is 3. The molecule has 1 fully saturated rings. The van der Waals surface area contributed by atoms with Gasteiger partial charge < -0.3 is 14.4 Å². The van der Waals surface area contributed by atoms with Gasteiger partial charge in [-0.25, -0.2) is 4.79 Å². The predicted molar refractivity (Wildman–Crippen MR) is 84.6 cm³/mol. The van der Waals surface area contributed by atoms with Crippen molar-refractivity contribution in [1.29, 1.82) is 0 Å². The van der Waals surface area contributed by atoms with Crippen LogP contribution in [0.25, 0.3) is 0 Å². The van der Waals surface area contributed by atoms with Crippen LogP contribution in [-0.2, 0) is 23.9 Å². The van der Waals surface area contributed by atoms with Crippen molar-refractivity contribution >= 4 is 17.8 Å². The van der Waals surface area contributed by atoms with Crippen molar-refractivity contribution in [2.75, 3.05) is 20.2 Å². The van der Waals surface area contributed by atoms with E-state index in [2.05, 4.69) is 10.1 Å². The van der Waals surface area contributed by atoms with Crippen LogP contribution in [0.15, 0.2) is 0 Å².